The van der Waals surface area contributed by atoms with Crippen LogP contribution in [0.3, 0.4) is 0 Å². The summed E-state index contributed by atoms with van der Waals surface area (Å²) in [6.07, 6.45) is 1.18. The minimum atomic E-state index is -0.949. The molecule has 4 atom stereocenters. The second-order valence-electron chi connectivity index (χ2n) is 18.7. The van der Waals surface area contributed by atoms with E-state index in [-0.39, 0.29) is 55.3 Å². The number of carbonyl (C=O) groups is 4. The number of hydrogen-bond donors (Lipinski definition) is 6. The lowest BCUT2D eigenvalue weighted by Gasteiger charge is -2.35. The van der Waals surface area contributed by atoms with Crippen molar-refractivity contribution in [2.24, 2.45) is 10.5 Å². The van der Waals surface area contributed by atoms with Crippen molar-refractivity contribution in [1.29, 1.82) is 0 Å². The molecule has 6 N–H and O–H groups in total. The van der Waals surface area contributed by atoms with Gasteiger partial charge in [-0.1, -0.05) is 57.2 Å². The topological polar surface area (TPSA) is 203 Å². The van der Waals surface area contributed by atoms with Gasteiger partial charge in [-0.05, 0) is 132 Å². The predicted octanol–water partition coefficient (Wildman–Crippen LogP) is 9.37. The van der Waals surface area contributed by atoms with Crippen molar-refractivity contribution in [1.82, 2.24) is 25.9 Å². The largest absolute Gasteiger partial charge is 0.508 e. The molecule has 0 aliphatic carbocycles. The van der Waals surface area contributed by atoms with E-state index in [1.807, 2.05) is 94.7 Å². The third kappa shape index (κ3) is 12.0. The number of rotatable bonds is 16. The van der Waals surface area contributed by atoms with Gasteiger partial charge in [0.25, 0.3) is 5.91 Å². The van der Waals surface area contributed by atoms with Crippen LogP contribution in [-0.2, 0) is 14.4 Å². The number of ether oxygens (including phenoxy) is 1. The Labute approximate surface area is 420 Å². The Bertz CT molecular complexity index is 3070. The van der Waals surface area contributed by atoms with Crippen LogP contribution in [0.5, 0.6) is 17.2 Å². The SMILES string of the molecule is Cc1ncsc1-c1ccc(C(C)NC(=O)C2CC(O)CN2C(=O)C(NC(=O)CCCOc2ccc(C=NNC(=O)c3cccc(-c4c(-c5ccc(O)cc5)sc5cc(O)ccc45)c3)cc2)C(C)(C)C)cc1. The molecule has 7 aromatic rings. The van der Waals surface area contributed by atoms with Crippen LogP contribution >= 0.6 is 22.7 Å². The third-order valence-electron chi connectivity index (χ3n) is 12.4. The second-order valence-corrected chi connectivity index (χ2v) is 20.6. The Kier molecular flexibility index (Phi) is 15.3. The summed E-state index contributed by atoms with van der Waals surface area (Å²) in [5, 5.41) is 41.8. The van der Waals surface area contributed by atoms with E-state index < -0.39 is 35.4 Å². The van der Waals surface area contributed by atoms with Gasteiger partial charge in [0.15, 0.2) is 0 Å². The maximum Gasteiger partial charge on any atom is 0.271 e. The number of β-amino-alcohol motifs (C(OH)–C–C–N with tert-alkyl or cyclic N) is 1. The van der Waals surface area contributed by atoms with Crippen LogP contribution in [0.4, 0.5) is 0 Å². The molecule has 4 unspecified atom stereocenters. The number of aliphatic hydroxyl groups excluding tert-OH is 1. The molecule has 4 amide bonds. The number of fused-ring (bicyclic) bond motifs is 1. The van der Waals surface area contributed by atoms with Crippen molar-refractivity contribution in [2.45, 2.75) is 78.1 Å². The molecule has 0 bridgehead atoms. The Morgan fingerprint density at radius 3 is 2.28 bits per heavy atom. The van der Waals surface area contributed by atoms with Crippen LogP contribution in [0.25, 0.3) is 42.1 Å². The monoisotopic (exact) mass is 992 g/mol. The van der Waals surface area contributed by atoms with Crippen molar-refractivity contribution in [3.8, 4) is 49.3 Å². The summed E-state index contributed by atoms with van der Waals surface area (Å²) < 4.78 is 6.79. The number of hydrogen-bond acceptors (Lipinski definition) is 12. The maximum absolute atomic E-state index is 14.1. The fourth-order valence-corrected chi connectivity index (χ4v) is 10.6. The Hall–Kier alpha value is -7.40. The maximum atomic E-state index is 14.1. The van der Waals surface area contributed by atoms with E-state index in [4.69, 9.17) is 4.74 Å². The normalized spacial score (nSPS) is 15.7. The lowest BCUT2D eigenvalue weighted by atomic mass is 9.85. The number of aryl methyl sites for hydroxylation is 1. The molecule has 71 heavy (non-hydrogen) atoms. The van der Waals surface area contributed by atoms with Crippen LogP contribution in [0.15, 0.2) is 126 Å². The number of nitrogens with one attached hydrogen (secondary N) is 3. The van der Waals surface area contributed by atoms with Gasteiger partial charge in [-0.2, -0.15) is 5.10 Å². The summed E-state index contributed by atoms with van der Waals surface area (Å²) in [4.78, 5) is 62.1. The van der Waals surface area contributed by atoms with Gasteiger partial charge < -0.3 is 35.6 Å². The van der Waals surface area contributed by atoms with Gasteiger partial charge in [0.2, 0.25) is 17.7 Å². The van der Waals surface area contributed by atoms with E-state index >= 15 is 0 Å². The van der Waals surface area contributed by atoms with Gasteiger partial charge in [0.05, 0.1) is 41.0 Å². The van der Waals surface area contributed by atoms with Crippen LogP contribution < -0.4 is 20.8 Å². The average Bonchev–Trinajstić information content (AvgIpc) is 4.08. The van der Waals surface area contributed by atoms with Crippen LogP contribution in [0.1, 0.15) is 80.2 Å². The van der Waals surface area contributed by atoms with Gasteiger partial charge in [0.1, 0.15) is 29.3 Å². The molecule has 0 spiro atoms. The Morgan fingerprint density at radius 1 is 0.873 bits per heavy atom. The van der Waals surface area contributed by atoms with E-state index in [0.717, 1.165) is 53.4 Å². The molecule has 1 aliphatic rings. The second kappa shape index (κ2) is 21.7. The number of likely N-dealkylation sites (tertiary alicyclic amines) is 1. The first-order valence-electron chi connectivity index (χ1n) is 23.3. The fraction of sp³-hybridized carbons (Fsp3) is 0.273. The number of aliphatic hydroxyl groups is 1. The van der Waals surface area contributed by atoms with Crippen molar-refractivity contribution in [3.05, 3.63) is 143 Å². The standard InChI is InChI=1S/C55H56N6O8S2/c1-32(35-13-15-36(16-14-35)49-33(2)56-31-70-49)58-53(67)45-27-42(64)30-61(45)54(68)51(55(3,4)5)59-47(65)10-7-25-69-43-22-11-34(12-23-43)29-57-60-52(66)39-9-6-8-38(26-39)48-44-24-21-41(63)28-46(44)71-50(48)37-17-19-40(62)20-18-37/h6,8-9,11-24,26,28-29,31-32,42,45,51,62-64H,7,10,25,27,30H2,1-5H3,(H,58,67)(H,59,65)(H,60,66). The van der Waals surface area contributed by atoms with Crippen molar-refractivity contribution in [3.63, 3.8) is 0 Å². The highest BCUT2D eigenvalue weighted by Gasteiger charge is 2.44. The van der Waals surface area contributed by atoms with E-state index in [1.165, 1.54) is 22.5 Å². The fourth-order valence-electron chi connectivity index (χ4n) is 8.56. The molecule has 8 rings (SSSR count). The van der Waals surface area contributed by atoms with Crippen LogP contribution in [0.2, 0.25) is 0 Å². The van der Waals surface area contributed by atoms with Crippen molar-refractivity contribution >= 4 is 62.6 Å². The molecule has 2 aromatic heterocycles. The zero-order valence-corrected chi connectivity index (χ0v) is 41.6. The highest BCUT2D eigenvalue weighted by Crippen LogP contribution is 2.46. The van der Waals surface area contributed by atoms with Crippen LogP contribution in [0, 0.1) is 12.3 Å². The van der Waals surface area contributed by atoms with Gasteiger partial charge in [-0.25, -0.2) is 10.4 Å². The van der Waals surface area contributed by atoms with E-state index in [2.05, 4.69) is 26.1 Å². The molecular weight excluding hydrogens is 937 g/mol. The van der Waals surface area contributed by atoms with E-state index in [1.54, 1.807) is 72.0 Å². The molecule has 0 radical (unpaired) electrons. The van der Waals surface area contributed by atoms with Crippen molar-refractivity contribution < 1.29 is 39.2 Å². The first kappa shape index (κ1) is 50.0. The minimum absolute atomic E-state index is 0.0218. The first-order chi connectivity index (χ1) is 34.0. The number of benzene rings is 5. The number of thiophene rings is 1. The summed E-state index contributed by atoms with van der Waals surface area (Å²) in [7, 11) is 0. The third-order valence-corrected chi connectivity index (χ3v) is 14.5. The number of aromatic hydroxyl groups is 2. The molecule has 1 fully saturated rings. The molecular formula is C55H56N6O8S2. The zero-order valence-electron chi connectivity index (χ0n) is 40.0. The molecule has 3 heterocycles. The Balaban J connectivity index is 0.809. The first-order valence-corrected chi connectivity index (χ1v) is 25.0. The van der Waals surface area contributed by atoms with Gasteiger partial charge in [-0.3, -0.25) is 19.2 Å². The number of phenolic OH excluding ortho intramolecular Hbond substituents is 2. The Morgan fingerprint density at radius 2 is 1.58 bits per heavy atom. The molecule has 16 heteroatoms. The van der Waals surface area contributed by atoms with E-state index in [9.17, 15) is 34.5 Å². The predicted molar refractivity (Wildman–Crippen MR) is 279 cm³/mol. The summed E-state index contributed by atoms with van der Waals surface area (Å²) in [5.74, 6) is -0.660. The lowest BCUT2D eigenvalue weighted by molar-refractivity contribution is -0.144. The zero-order chi connectivity index (χ0) is 50.4. The van der Waals surface area contributed by atoms with Gasteiger partial charge in [0, 0.05) is 45.5 Å². The summed E-state index contributed by atoms with van der Waals surface area (Å²) in [6.45, 7) is 9.59. The number of amides is 4. The highest BCUT2D eigenvalue weighted by molar-refractivity contribution is 7.23. The molecule has 1 aliphatic heterocycles. The van der Waals surface area contributed by atoms with Crippen molar-refractivity contribution in [2.75, 3.05) is 13.2 Å². The summed E-state index contributed by atoms with van der Waals surface area (Å²) in [6, 6.07) is 32.2. The smallest absolute Gasteiger partial charge is 0.271 e. The number of aromatic nitrogens is 1. The number of phenols is 2. The minimum Gasteiger partial charge on any atom is -0.508 e. The number of nitrogens with zero attached hydrogens (tertiary/aromatic N) is 3. The average molecular weight is 993 g/mol. The lowest BCUT2D eigenvalue weighted by Crippen LogP contribution is -2.57. The van der Waals surface area contributed by atoms with Crippen LogP contribution in [-0.4, -0.2) is 86.4 Å². The quantitative estimate of drug-likeness (QED) is 0.0310. The number of thiazole rings is 1. The van der Waals surface area contributed by atoms with E-state index in [0.29, 0.717) is 23.3 Å². The summed E-state index contributed by atoms with van der Waals surface area (Å²) in [5.41, 5.74) is 10.3. The number of hydrazone groups is 1. The molecule has 1 saturated heterocycles. The molecule has 14 nitrogen and oxygen atoms in total. The molecule has 0 saturated carbocycles. The van der Waals surface area contributed by atoms with Gasteiger partial charge >= 0.3 is 0 Å². The molecule has 5 aromatic carbocycles. The highest BCUT2D eigenvalue weighted by atomic mass is 32.1. The summed E-state index contributed by atoms with van der Waals surface area (Å²) >= 11 is 3.08. The number of carbonyl (C=O) groups excluding carboxylic acids is 4. The van der Waals surface area contributed by atoms with Gasteiger partial charge in [-0.15, -0.1) is 22.7 Å². The molecule has 366 valence electrons.